The van der Waals surface area contributed by atoms with Gasteiger partial charge in [-0.05, 0) is 62.6 Å². The highest BCUT2D eigenvalue weighted by atomic mass is 32.2. The van der Waals surface area contributed by atoms with Crippen molar-refractivity contribution >= 4 is 51.9 Å². The van der Waals surface area contributed by atoms with E-state index < -0.39 is 0 Å². The smallest absolute Gasteiger partial charge is 0.266 e. The Morgan fingerprint density at radius 1 is 1.17 bits per heavy atom. The van der Waals surface area contributed by atoms with Gasteiger partial charge in [-0.3, -0.25) is 14.5 Å². The number of benzene rings is 2. The molecule has 1 aliphatic heterocycles. The number of rotatable bonds is 6. The normalized spacial score (nSPS) is 15.2. The minimum absolute atomic E-state index is 0.0359. The topological polar surface area (TPSA) is 58.6 Å². The highest BCUT2D eigenvalue weighted by Crippen LogP contribution is 2.34. The average Bonchev–Trinajstić information content (AvgIpc) is 2.97. The Bertz CT molecular complexity index is 993. The summed E-state index contributed by atoms with van der Waals surface area (Å²) >= 11 is 6.61. The summed E-state index contributed by atoms with van der Waals surface area (Å²) in [5, 5.41) is 2.90. The van der Waals surface area contributed by atoms with Crippen LogP contribution in [0.2, 0.25) is 0 Å². The van der Waals surface area contributed by atoms with Gasteiger partial charge in [0.1, 0.15) is 10.1 Å². The van der Waals surface area contributed by atoms with E-state index in [-0.39, 0.29) is 24.5 Å². The van der Waals surface area contributed by atoms with E-state index in [1.165, 1.54) is 11.8 Å². The number of carbonyl (C=O) groups is 2. The van der Waals surface area contributed by atoms with Crippen molar-refractivity contribution in [3.05, 3.63) is 64.1 Å². The first-order valence-corrected chi connectivity index (χ1v) is 10.8. The number of aryl methyl sites for hydroxylation is 2. The molecule has 0 spiro atoms. The van der Waals surface area contributed by atoms with Crippen LogP contribution in [0.15, 0.2) is 47.4 Å². The van der Waals surface area contributed by atoms with Gasteiger partial charge in [0.2, 0.25) is 0 Å². The minimum Gasteiger partial charge on any atom is -0.484 e. The van der Waals surface area contributed by atoms with E-state index in [4.69, 9.17) is 17.0 Å². The fourth-order valence-corrected chi connectivity index (χ4v) is 4.60. The molecule has 1 N–H and O–H groups in total. The van der Waals surface area contributed by atoms with Crippen molar-refractivity contribution in [1.29, 1.82) is 0 Å². The molecule has 2 aromatic rings. The number of nitrogens with one attached hydrogen (secondary N) is 1. The van der Waals surface area contributed by atoms with Crippen LogP contribution in [0.1, 0.15) is 30.5 Å². The molecule has 1 saturated heterocycles. The van der Waals surface area contributed by atoms with Gasteiger partial charge in [-0.25, -0.2) is 0 Å². The number of ether oxygens (including phenoxy) is 1. The van der Waals surface area contributed by atoms with Crippen LogP contribution in [0.5, 0.6) is 5.75 Å². The second-order valence-electron chi connectivity index (χ2n) is 7.32. The summed E-state index contributed by atoms with van der Waals surface area (Å²) in [7, 11) is 0. The third kappa shape index (κ3) is 5.09. The molecule has 3 rings (SSSR count). The second-order valence-corrected chi connectivity index (χ2v) is 8.99. The van der Waals surface area contributed by atoms with Gasteiger partial charge < -0.3 is 10.1 Å². The lowest BCUT2D eigenvalue weighted by Gasteiger charge is -2.18. The Balaban J connectivity index is 1.59. The van der Waals surface area contributed by atoms with Crippen LogP contribution < -0.4 is 10.1 Å². The van der Waals surface area contributed by atoms with Crippen LogP contribution >= 0.6 is 24.0 Å². The SMILES string of the molecule is Cc1cccc(C)c1NC(=O)COc1ccc(/C=C2\SC(=S)N(C(C)C)C2=O)cc1. The Labute approximate surface area is 186 Å². The molecule has 5 nitrogen and oxygen atoms in total. The van der Waals surface area contributed by atoms with E-state index in [2.05, 4.69) is 5.32 Å². The van der Waals surface area contributed by atoms with E-state index in [0.717, 1.165) is 22.4 Å². The predicted octanol–water partition coefficient (Wildman–Crippen LogP) is 4.93. The first-order valence-electron chi connectivity index (χ1n) is 9.62. The maximum Gasteiger partial charge on any atom is 0.266 e. The van der Waals surface area contributed by atoms with Crippen molar-refractivity contribution in [1.82, 2.24) is 4.90 Å². The molecule has 0 aromatic heterocycles. The maximum absolute atomic E-state index is 12.5. The van der Waals surface area contributed by atoms with Crippen LogP contribution in [0.4, 0.5) is 5.69 Å². The van der Waals surface area contributed by atoms with E-state index in [1.54, 1.807) is 17.0 Å². The molecule has 30 heavy (non-hydrogen) atoms. The number of hydrogen-bond donors (Lipinski definition) is 1. The van der Waals surface area contributed by atoms with Crippen molar-refractivity contribution < 1.29 is 14.3 Å². The van der Waals surface area contributed by atoms with E-state index >= 15 is 0 Å². The fraction of sp³-hybridized carbons (Fsp3) is 0.261. The first-order chi connectivity index (χ1) is 14.3. The molecule has 7 heteroatoms. The number of thioether (sulfide) groups is 1. The summed E-state index contributed by atoms with van der Waals surface area (Å²) in [5.41, 5.74) is 3.71. The zero-order valence-electron chi connectivity index (χ0n) is 17.4. The van der Waals surface area contributed by atoms with Gasteiger partial charge in [0.25, 0.3) is 11.8 Å². The number of hydrogen-bond acceptors (Lipinski definition) is 5. The van der Waals surface area contributed by atoms with Gasteiger partial charge in [0.15, 0.2) is 6.61 Å². The number of para-hydroxylation sites is 1. The lowest BCUT2D eigenvalue weighted by atomic mass is 10.1. The molecular formula is C23H24N2O3S2. The Hall–Kier alpha value is -2.64. The number of nitrogens with zero attached hydrogens (tertiary/aromatic N) is 1. The summed E-state index contributed by atoms with van der Waals surface area (Å²) in [6.07, 6.45) is 1.82. The van der Waals surface area contributed by atoms with Gasteiger partial charge >= 0.3 is 0 Å². The van der Waals surface area contributed by atoms with Crippen LogP contribution in [-0.2, 0) is 9.59 Å². The van der Waals surface area contributed by atoms with Crippen LogP contribution in [0, 0.1) is 13.8 Å². The van der Waals surface area contributed by atoms with Crippen LogP contribution in [-0.4, -0.2) is 33.7 Å². The molecule has 156 valence electrons. The van der Waals surface area contributed by atoms with Gasteiger partial charge in [-0.15, -0.1) is 0 Å². The molecule has 1 aliphatic rings. The number of anilines is 1. The van der Waals surface area contributed by atoms with Gasteiger partial charge in [-0.2, -0.15) is 0 Å². The van der Waals surface area contributed by atoms with E-state index in [0.29, 0.717) is 15.0 Å². The van der Waals surface area contributed by atoms with Gasteiger partial charge in [-0.1, -0.05) is 54.3 Å². The Kier molecular flexibility index (Phi) is 6.95. The third-order valence-corrected chi connectivity index (χ3v) is 5.96. The fourth-order valence-electron chi connectivity index (χ4n) is 3.07. The van der Waals surface area contributed by atoms with Crippen molar-refractivity contribution in [3.63, 3.8) is 0 Å². The quantitative estimate of drug-likeness (QED) is 0.510. The average molecular weight is 441 g/mol. The largest absolute Gasteiger partial charge is 0.484 e. The van der Waals surface area contributed by atoms with Crippen molar-refractivity contribution in [2.24, 2.45) is 0 Å². The third-order valence-electron chi connectivity index (χ3n) is 4.63. The van der Waals surface area contributed by atoms with Crippen molar-refractivity contribution in [2.75, 3.05) is 11.9 Å². The number of thiocarbonyl (C=S) groups is 1. The zero-order valence-corrected chi connectivity index (χ0v) is 19.0. The lowest BCUT2D eigenvalue weighted by Crippen LogP contribution is -2.34. The monoisotopic (exact) mass is 440 g/mol. The highest BCUT2D eigenvalue weighted by Gasteiger charge is 2.33. The maximum atomic E-state index is 12.5. The van der Waals surface area contributed by atoms with Crippen LogP contribution in [0.25, 0.3) is 6.08 Å². The van der Waals surface area contributed by atoms with Gasteiger partial charge in [0.05, 0.1) is 4.91 Å². The summed E-state index contributed by atoms with van der Waals surface area (Å²) in [6, 6.07) is 13.2. The second kappa shape index (κ2) is 9.45. The number of amides is 2. The summed E-state index contributed by atoms with van der Waals surface area (Å²) in [5.74, 6) is 0.302. The molecular weight excluding hydrogens is 416 g/mol. The minimum atomic E-state index is -0.214. The molecule has 0 atom stereocenters. The Morgan fingerprint density at radius 3 is 2.37 bits per heavy atom. The summed E-state index contributed by atoms with van der Waals surface area (Å²) in [4.78, 5) is 27.0. The molecule has 2 amide bonds. The lowest BCUT2D eigenvalue weighted by molar-refractivity contribution is -0.123. The van der Waals surface area contributed by atoms with Crippen LogP contribution in [0.3, 0.4) is 0 Å². The van der Waals surface area contributed by atoms with Gasteiger partial charge in [0, 0.05) is 11.7 Å². The highest BCUT2D eigenvalue weighted by molar-refractivity contribution is 8.26. The Morgan fingerprint density at radius 2 is 1.80 bits per heavy atom. The first kappa shape index (κ1) is 22.1. The molecule has 0 aliphatic carbocycles. The molecule has 0 unspecified atom stereocenters. The molecule has 2 aromatic carbocycles. The van der Waals surface area contributed by atoms with Crippen molar-refractivity contribution in [2.45, 2.75) is 33.7 Å². The van der Waals surface area contributed by atoms with Crippen molar-refractivity contribution in [3.8, 4) is 5.75 Å². The van der Waals surface area contributed by atoms with E-state index in [1.807, 2.05) is 64.1 Å². The molecule has 0 saturated carbocycles. The molecule has 1 heterocycles. The number of carbonyl (C=O) groups excluding carboxylic acids is 2. The predicted molar refractivity (Wildman–Crippen MR) is 127 cm³/mol. The molecule has 0 radical (unpaired) electrons. The zero-order chi connectivity index (χ0) is 21.8. The summed E-state index contributed by atoms with van der Waals surface area (Å²) in [6.45, 7) is 7.71. The molecule has 0 bridgehead atoms. The summed E-state index contributed by atoms with van der Waals surface area (Å²) < 4.78 is 6.18. The molecule has 1 fully saturated rings. The standard InChI is InChI=1S/C23H24N2O3S2/c1-14(2)25-22(27)19(30-23(25)29)12-17-8-10-18(11-9-17)28-13-20(26)24-21-15(3)6-5-7-16(21)4/h5-12,14H,13H2,1-4H3,(H,24,26)/b19-12-. The van der Waals surface area contributed by atoms with E-state index in [9.17, 15) is 9.59 Å².